The summed E-state index contributed by atoms with van der Waals surface area (Å²) in [7, 11) is -3.73. The van der Waals surface area contributed by atoms with Gasteiger partial charge in [0, 0.05) is 5.69 Å². The van der Waals surface area contributed by atoms with E-state index in [2.05, 4.69) is 12.2 Å². The minimum absolute atomic E-state index is 0.211. The van der Waals surface area contributed by atoms with Crippen LogP contribution in [-0.2, 0) is 21.2 Å². The quantitative estimate of drug-likeness (QED) is 0.615. The van der Waals surface area contributed by atoms with Crippen molar-refractivity contribution in [1.82, 2.24) is 0 Å². The van der Waals surface area contributed by atoms with Gasteiger partial charge in [-0.05, 0) is 55.7 Å². The van der Waals surface area contributed by atoms with Crippen LogP contribution in [0.15, 0.2) is 42.5 Å². The number of aryl methyl sites for hydroxylation is 1. The Balaban J connectivity index is 2.20. The highest BCUT2D eigenvalue weighted by atomic mass is 35.5. The first-order valence-corrected chi connectivity index (χ1v) is 11.6. The molecule has 28 heavy (non-hydrogen) atoms. The van der Waals surface area contributed by atoms with E-state index in [-0.39, 0.29) is 10.7 Å². The number of unbranched alkanes of at least 4 members (excludes halogenated alkanes) is 1. The van der Waals surface area contributed by atoms with Crippen molar-refractivity contribution >= 4 is 50.5 Å². The lowest BCUT2D eigenvalue weighted by Crippen LogP contribution is -2.45. The Morgan fingerprint density at radius 1 is 1.11 bits per heavy atom. The molecule has 0 radical (unpaired) electrons. The van der Waals surface area contributed by atoms with E-state index in [1.54, 1.807) is 0 Å². The zero-order valence-corrected chi connectivity index (χ0v) is 18.4. The molecule has 0 spiro atoms. The zero-order chi connectivity index (χ0) is 20.9. The van der Waals surface area contributed by atoms with Crippen molar-refractivity contribution in [3.8, 4) is 0 Å². The highest BCUT2D eigenvalue weighted by Gasteiger charge is 2.29. The van der Waals surface area contributed by atoms with Crippen LogP contribution < -0.4 is 9.62 Å². The number of nitrogens with one attached hydrogen (secondary N) is 1. The fourth-order valence-electron chi connectivity index (χ4n) is 2.81. The SMILES string of the molecule is CCCCc1ccc(NC(=O)C(C)N(c2ccc(Cl)c(Cl)c2)S(C)(=O)=O)cc1. The molecule has 152 valence electrons. The third kappa shape index (κ3) is 5.87. The van der Waals surface area contributed by atoms with Gasteiger partial charge >= 0.3 is 0 Å². The van der Waals surface area contributed by atoms with E-state index >= 15 is 0 Å². The lowest BCUT2D eigenvalue weighted by atomic mass is 10.1. The van der Waals surface area contributed by atoms with Gasteiger partial charge in [0.2, 0.25) is 15.9 Å². The first-order valence-electron chi connectivity index (χ1n) is 8.97. The molecule has 0 saturated carbocycles. The summed E-state index contributed by atoms with van der Waals surface area (Å²) in [6.07, 6.45) is 4.25. The number of carbonyl (C=O) groups excluding carboxylic acids is 1. The van der Waals surface area contributed by atoms with E-state index in [1.807, 2.05) is 24.3 Å². The Morgan fingerprint density at radius 3 is 2.29 bits per heavy atom. The van der Waals surface area contributed by atoms with Crippen molar-refractivity contribution < 1.29 is 13.2 Å². The second-order valence-corrected chi connectivity index (χ2v) is 9.30. The van der Waals surface area contributed by atoms with Crippen molar-refractivity contribution in [3.05, 3.63) is 58.1 Å². The van der Waals surface area contributed by atoms with Crippen LogP contribution in [0, 0.1) is 0 Å². The van der Waals surface area contributed by atoms with Crippen molar-refractivity contribution in [2.45, 2.75) is 39.2 Å². The standard InChI is InChI=1S/C20H24Cl2N2O3S/c1-4-5-6-15-7-9-16(10-8-15)23-20(25)14(2)24(28(3,26)27)17-11-12-18(21)19(22)13-17/h7-14H,4-6H2,1-3H3,(H,23,25). The molecule has 0 heterocycles. The number of rotatable bonds is 8. The number of amides is 1. The molecule has 0 aliphatic heterocycles. The normalized spacial score (nSPS) is 12.5. The second kappa shape index (κ2) is 9.63. The molecule has 1 amide bonds. The third-order valence-corrected chi connectivity index (χ3v) is 6.27. The minimum atomic E-state index is -3.73. The Hall–Kier alpha value is -1.76. The first-order chi connectivity index (χ1) is 13.1. The predicted octanol–water partition coefficient (Wildman–Crippen LogP) is 5.13. The summed E-state index contributed by atoms with van der Waals surface area (Å²) >= 11 is 11.9. The van der Waals surface area contributed by atoms with Crippen LogP contribution in [0.25, 0.3) is 0 Å². The summed E-state index contributed by atoms with van der Waals surface area (Å²) in [5, 5.41) is 3.29. The zero-order valence-electron chi connectivity index (χ0n) is 16.1. The van der Waals surface area contributed by atoms with Crippen LogP contribution in [-0.4, -0.2) is 26.6 Å². The van der Waals surface area contributed by atoms with Gasteiger partial charge in [-0.2, -0.15) is 0 Å². The Morgan fingerprint density at radius 2 is 1.75 bits per heavy atom. The summed E-state index contributed by atoms with van der Waals surface area (Å²) in [6, 6.07) is 11.0. The summed E-state index contributed by atoms with van der Waals surface area (Å²) < 4.78 is 25.7. The van der Waals surface area contributed by atoms with E-state index in [9.17, 15) is 13.2 Å². The van der Waals surface area contributed by atoms with Gasteiger partial charge in [0.1, 0.15) is 6.04 Å². The lowest BCUT2D eigenvalue weighted by molar-refractivity contribution is -0.116. The number of anilines is 2. The van der Waals surface area contributed by atoms with Gasteiger partial charge in [0.25, 0.3) is 0 Å². The summed E-state index contributed by atoms with van der Waals surface area (Å²) in [4.78, 5) is 12.7. The van der Waals surface area contributed by atoms with Crippen LogP contribution in [0.3, 0.4) is 0 Å². The van der Waals surface area contributed by atoms with Crippen LogP contribution >= 0.6 is 23.2 Å². The maximum Gasteiger partial charge on any atom is 0.247 e. The molecule has 0 bridgehead atoms. The van der Waals surface area contributed by atoms with E-state index in [1.165, 1.54) is 30.7 Å². The molecule has 8 heteroatoms. The van der Waals surface area contributed by atoms with Crippen LogP contribution in [0.2, 0.25) is 10.0 Å². The molecule has 2 aromatic carbocycles. The summed E-state index contributed by atoms with van der Waals surface area (Å²) in [5.41, 5.74) is 2.08. The van der Waals surface area contributed by atoms with E-state index in [0.29, 0.717) is 10.7 Å². The molecule has 0 aromatic heterocycles. The molecule has 0 aliphatic carbocycles. The number of sulfonamides is 1. The fourth-order valence-corrected chi connectivity index (χ4v) is 4.27. The number of halogens is 2. The molecule has 2 aromatic rings. The molecule has 0 aliphatic rings. The Labute approximate surface area is 176 Å². The average Bonchev–Trinajstić information content (AvgIpc) is 2.63. The van der Waals surface area contributed by atoms with Gasteiger partial charge in [0.05, 0.1) is 22.0 Å². The van der Waals surface area contributed by atoms with Crippen LogP contribution in [0.4, 0.5) is 11.4 Å². The average molecular weight is 443 g/mol. The number of nitrogens with zero attached hydrogens (tertiary/aromatic N) is 1. The smallest absolute Gasteiger partial charge is 0.247 e. The molecule has 1 N–H and O–H groups in total. The van der Waals surface area contributed by atoms with E-state index < -0.39 is 22.0 Å². The number of hydrogen-bond acceptors (Lipinski definition) is 3. The molecule has 1 unspecified atom stereocenters. The van der Waals surface area contributed by atoms with Gasteiger partial charge in [-0.25, -0.2) is 8.42 Å². The highest BCUT2D eigenvalue weighted by molar-refractivity contribution is 7.92. The second-order valence-electron chi connectivity index (χ2n) is 6.62. The van der Waals surface area contributed by atoms with Crippen LogP contribution in [0.5, 0.6) is 0 Å². The van der Waals surface area contributed by atoms with Crippen LogP contribution in [0.1, 0.15) is 32.3 Å². The first kappa shape index (κ1) is 22.5. The highest BCUT2D eigenvalue weighted by Crippen LogP contribution is 2.30. The fraction of sp³-hybridized carbons (Fsp3) is 0.350. The van der Waals surface area contributed by atoms with Crippen molar-refractivity contribution in [1.29, 1.82) is 0 Å². The topological polar surface area (TPSA) is 66.5 Å². The molecule has 0 fully saturated rings. The molecule has 5 nitrogen and oxygen atoms in total. The Bertz CT molecular complexity index is 931. The number of hydrogen-bond donors (Lipinski definition) is 1. The summed E-state index contributed by atoms with van der Waals surface area (Å²) in [6.45, 7) is 3.66. The molecular formula is C20H24Cl2N2O3S. The molecule has 1 atom stereocenters. The molecule has 0 saturated heterocycles. The van der Waals surface area contributed by atoms with Gasteiger partial charge in [-0.1, -0.05) is 48.7 Å². The van der Waals surface area contributed by atoms with Crippen molar-refractivity contribution in [3.63, 3.8) is 0 Å². The summed E-state index contributed by atoms with van der Waals surface area (Å²) in [5.74, 6) is -0.446. The molecular weight excluding hydrogens is 419 g/mol. The molecule has 2 rings (SSSR count). The lowest BCUT2D eigenvalue weighted by Gasteiger charge is -2.28. The monoisotopic (exact) mass is 442 g/mol. The van der Waals surface area contributed by atoms with Gasteiger partial charge in [0.15, 0.2) is 0 Å². The maximum atomic E-state index is 12.7. The number of carbonyl (C=O) groups is 1. The largest absolute Gasteiger partial charge is 0.324 e. The number of benzene rings is 2. The predicted molar refractivity (Wildman–Crippen MR) is 117 cm³/mol. The van der Waals surface area contributed by atoms with E-state index in [0.717, 1.165) is 29.8 Å². The van der Waals surface area contributed by atoms with Crippen molar-refractivity contribution in [2.24, 2.45) is 0 Å². The maximum absolute atomic E-state index is 12.7. The van der Waals surface area contributed by atoms with E-state index in [4.69, 9.17) is 23.2 Å². The van der Waals surface area contributed by atoms with Gasteiger partial charge in [-0.15, -0.1) is 0 Å². The van der Waals surface area contributed by atoms with Gasteiger partial charge in [-0.3, -0.25) is 9.10 Å². The minimum Gasteiger partial charge on any atom is -0.324 e. The Kier molecular flexibility index (Phi) is 7.75. The van der Waals surface area contributed by atoms with Gasteiger partial charge < -0.3 is 5.32 Å². The van der Waals surface area contributed by atoms with Crippen molar-refractivity contribution in [2.75, 3.05) is 15.9 Å². The third-order valence-electron chi connectivity index (χ3n) is 4.29.